The summed E-state index contributed by atoms with van der Waals surface area (Å²) in [5.41, 5.74) is 4.85. The quantitative estimate of drug-likeness (QED) is 0.315. The molecule has 0 bridgehead atoms. The number of carbonyl (C=O) groups is 3. The number of anilines is 2. The first-order valence-corrected chi connectivity index (χ1v) is 12.7. The molecule has 2 unspecified atom stereocenters. The molecule has 2 aliphatic rings. The van der Waals surface area contributed by atoms with Gasteiger partial charge in [0.2, 0.25) is 11.8 Å². The maximum absolute atomic E-state index is 12.5. The van der Waals surface area contributed by atoms with E-state index in [1.165, 1.54) is 44.0 Å². The summed E-state index contributed by atoms with van der Waals surface area (Å²) >= 11 is 1.27. The van der Waals surface area contributed by atoms with Gasteiger partial charge in [-0.15, -0.1) is 11.8 Å². The molecule has 2 aromatic carbocycles. The Morgan fingerprint density at radius 2 is 1.97 bits per heavy atom. The summed E-state index contributed by atoms with van der Waals surface area (Å²) in [5.74, 6) is -0.470. The zero-order valence-corrected chi connectivity index (χ0v) is 20.7. The summed E-state index contributed by atoms with van der Waals surface area (Å²) in [7, 11) is 1.44. The third kappa shape index (κ3) is 6.48. The average Bonchev–Trinajstić information content (AvgIpc) is 3.41. The zero-order valence-electron chi connectivity index (χ0n) is 19.9. The molecule has 2 saturated heterocycles. The van der Waals surface area contributed by atoms with Crippen LogP contribution in [0.4, 0.5) is 11.4 Å². The number of benzene rings is 2. The highest BCUT2D eigenvalue weighted by Gasteiger charge is 2.33. The van der Waals surface area contributed by atoms with Crippen molar-refractivity contribution >= 4 is 47.1 Å². The van der Waals surface area contributed by atoms with Gasteiger partial charge < -0.3 is 25.4 Å². The summed E-state index contributed by atoms with van der Waals surface area (Å²) in [6.45, 7) is 2.11. The van der Waals surface area contributed by atoms with E-state index in [1.54, 1.807) is 12.1 Å². The minimum atomic E-state index is -0.758. The summed E-state index contributed by atoms with van der Waals surface area (Å²) < 4.78 is 5.03. The van der Waals surface area contributed by atoms with Crippen LogP contribution in [-0.2, 0) is 14.4 Å². The molecule has 10 nitrogen and oxygen atoms in total. The van der Waals surface area contributed by atoms with Crippen molar-refractivity contribution in [2.24, 2.45) is 5.10 Å². The van der Waals surface area contributed by atoms with E-state index in [9.17, 15) is 19.5 Å². The molecular formula is C25H29N5O5S. The van der Waals surface area contributed by atoms with Crippen molar-refractivity contribution in [3.8, 4) is 11.5 Å². The molecule has 0 radical (unpaired) electrons. The first-order chi connectivity index (χ1) is 17.4. The number of nitrogens with zero attached hydrogens (tertiary/aromatic N) is 2. The largest absolute Gasteiger partial charge is 0.504 e. The molecule has 190 valence electrons. The molecule has 2 aromatic rings. The summed E-state index contributed by atoms with van der Waals surface area (Å²) in [4.78, 5) is 39.7. The van der Waals surface area contributed by atoms with Crippen LogP contribution in [0.2, 0.25) is 0 Å². The van der Waals surface area contributed by atoms with Crippen LogP contribution in [0.5, 0.6) is 11.5 Å². The number of aromatic hydroxyl groups is 1. The third-order valence-electron chi connectivity index (χ3n) is 5.97. The third-order valence-corrected chi connectivity index (χ3v) is 7.28. The van der Waals surface area contributed by atoms with E-state index < -0.39 is 17.2 Å². The van der Waals surface area contributed by atoms with Crippen LogP contribution >= 0.6 is 11.8 Å². The SMILES string of the molecule is COc1cc(/C=N/NC(=O)C2CSC(CC(=O)Nc3ccc(N4CCCC4)cc3)C(=O)N2)ccc1O. The molecule has 2 heterocycles. The van der Waals surface area contributed by atoms with Crippen LogP contribution < -0.4 is 25.7 Å². The maximum Gasteiger partial charge on any atom is 0.263 e. The van der Waals surface area contributed by atoms with Crippen LogP contribution in [-0.4, -0.2) is 66.3 Å². The monoisotopic (exact) mass is 511 g/mol. The Bertz CT molecular complexity index is 1130. The smallest absolute Gasteiger partial charge is 0.263 e. The second-order valence-electron chi connectivity index (χ2n) is 8.54. The molecule has 0 spiro atoms. The van der Waals surface area contributed by atoms with Gasteiger partial charge in [0.25, 0.3) is 5.91 Å². The van der Waals surface area contributed by atoms with Crippen molar-refractivity contribution < 1.29 is 24.2 Å². The van der Waals surface area contributed by atoms with Crippen molar-refractivity contribution in [3.63, 3.8) is 0 Å². The van der Waals surface area contributed by atoms with Crippen molar-refractivity contribution in [1.82, 2.24) is 10.7 Å². The zero-order chi connectivity index (χ0) is 25.5. The average molecular weight is 512 g/mol. The van der Waals surface area contributed by atoms with Crippen LogP contribution in [0.15, 0.2) is 47.6 Å². The Morgan fingerprint density at radius 1 is 1.22 bits per heavy atom. The lowest BCUT2D eigenvalue weighted by molar-refractivity contribution is -0.129. The van der Waals surface area contributed by atoms with Gasteiger partial charge in [-0.25, -0.2) is 5.43 Å². The number of hydrogen-bond acceptors (Lipinski definition) is 8. The number of methoxy groups -OCH3 is 1. The topological polar surface area (TPSA) is 132 Å². The predicted octanol–water partition coefficient (Wildman–Crippen LogP) is 2.08. The first-order valence-electron chi connectivity index (χ1n) is 11.7. The van der Waals surface area contributed by atoms with E-state index in [4.69, 9.17) is 4.74 Å². The number of thioether (sulfide) groups is 1. The van der Waals surface area contributed by atoms with Crippen LogP contribution in [0, 0.1) is 0 Å². The molecular weight excluding hydrogens is 482 g/mol. The Hall–Kier alpha value is -3.73. The number of nitrogens with one attached hydrogen (secondary N) is 3. The number of phenolic OH excluding ortho intramolecular Hbond substituents is 1. The molecule has 2 aliphatic heterocycles. The summed E-state index contributed by atoms with van der Waals surface area (Å²) in [6.07, 6.45) is 3.82. The van der Waals surface area contributed by atoms with Gasteiger partial charge in [-0.05, 0) is 60.9 Å². The molecule has 11 heteroatoms. The van der Waals surface area contributed by atoms with Gasteiger partial charge in [0, 0.05) is 36.6 Å². The highest BCUT2D eigenvalue weighted by atomic mass is 32.2. The van der Waals surface area contributed by atoms with Crippen LogP contribution in [0.3, 0.4) is 0 Å². The molecule has 4 N–H and O–H groups in total. The van der Waals surface area contributed by atoms with Gasteiger partial charge in [-0.3, -0.25) is 14.4 Å². The summed E-state index contributed by atoms with van der Waals surface area (Å²) in [6, 6.07) is 11.6. The van der Waals surface area contributed by atoms with Gasteiger partial charge >= 0.3 is 0 Å². The van der Waals surface area contributed by atoms with E-state index in [-0.39, 0.29) is 29.7 Å². The van der Waals surface area contributed by atoms with Crippen molar-refractivity contribution in [3.05, 3.63) is 48.0 Å². The van der Waals surface area contributed by atoms with Gasteiger partial charge in [0.1, 0.15) is 6.04 Å². The Labute approximate surface area is 213 Å². The fourth-order valence-corrected chi connectivity index (χ4v) is 5.17. The minimum Gasteiger partial charge on any atom is -0.504 e. The van der Waals surface area contributed by atoms with E-state index in [0.717, 1.165) is 18.8 Å². The molecule has 4 rings (SSSR count). The predicted molar refractivity (Wildman–Crippen MR) is 140 cm³/mol. The summed E-state index contributed by atoms with van der Waals surface area (Å²) in [5, 5.41) is 18.5. The van der Waals surface area contributed by atoms with Crippen molar-refractivity contribution in [2.45, 2.75) is 30.6 Å². The minimum absolute atomic E-state index is 0.000657. The van der Waals surface area contributed by atoms with E-state index >= 15 is 0 Å². The Balaban J connectivity index is 1.22. The van der Waals surface area contributed by atoms with Gasteiger partial charge in [-0.2, -0.15) is 5.10 Å². The molecule has 2 atom stereocenters. The van der Waals surface area contributed by atoms with Crippen molar-refractivity contribution in [1.29, 1.82) is 0 Å². The number of hydrazone groups is 1. The normalized spacial score (nSPS) is 19.7. The molecule has 2 fully saturated rings. The second kappa shape index (κ2) is 11.8. The lowest BCUT2D eigenvalue weighted by Crippen LogP contribution is -2.53. The Morgan fingerprint density at radius 3 is 2.67 bits per heavy atom. The molecule has 36 heavy (non-hydrogen) atoms. The van der Waals surface area contributed by atoms with Gasteiger partial charge in [-0.1, -0.05) is 0 Å². The standard InChI is InChI=1S/C25H29N5O5S/c1-35-21-12-16(4-9-20(21)31)14-26-29-24(33)19-15-36-22(25(34)28-19)13-23(32)27-17-5-7-18(8-6-17)30-10-2-3-11-30/h4-9,12,14,19,22,31H,2-3,10-11,13,15H2,1H3,(H,27,32)(H,28,34)(H,29,33)/b26-14+. The first kappa shape index (κ1) is 25.4. The molecule has 0 aromatic heterocycles. The fraction of sp³-hybridized carbons (Fsp3) is 0.360. The number of rotatable bonds is 8. The number of phenols is 1. The lowest BCUT2D eigenvalue weighted by Gasteiger charge is -2.27. The second-order valence-corrected chi connectivity index (χ2v) is 9.78. The highest BCUT2D eigenvalue weighted by Crippen LogP contribution is 2.26. The highest BCUT2D eigenvalue weighted by molar-refractivity contribution is 8.00. The maximum atomic E-state index is 12.5. The van der Waals surface area contributed by atoms with Gasteiger partial charge in [0.15, 0.2) is 11.5 Å². The number of carbonyl (C=O) groups excluding carboxylic acids is 3. The lowest BCUT2D eigenvalue weighted by atomic mass is 10.2. The number of hydrogen-bond donors (Lipinski definition) is 4. The van der Waals surface area contributed by atoms with E-state index in [0.29, 0.717) is 17.0 Å². The van der Waals surface area contributed by atoms with Gasteiger partial charge in [0.05, 0.1) is 18.6 Å². The fourth-order valence-electron chi connectivity index (χ4n) is 4.02. The number of amides is 3. The molecule has 3 amide bonds. The molecule has 0 saturated carbocycles. The number of ether oxygens (including phenoxy) is 1. The van der Waals surface area contributed by atoms with Crippen LogP contribution in [0.1, 0.15) is 24.8 Å². The van der Waals surface area contributed by atoms with Crippen LogP contribution in [0.25, 0.3) is 0 Å². The van der Waals surface area contributed by atoms with E-state index in [2.05, 4.69) is 26.1 Å². The molecule has 0 aliphatic carbocycles. The van der Waals surface area contributed by atoms with E-state index in [1.807, 2.05) is 24.3 Å². The Kier molecular flexibility index (Phi) is 8.32. The van der Waals surface area contributed by atoms with Crippen molar-refractivity contribution in [2.75, 3.05) is 36.2 Å².